The number of rotatable bonds is 16. The van der Waals surface area contributed by atoms with Crippen LogP contribution < -0.4 is 27.4 Å². The number of phenols is 1. The van der Waals surface area contributed by atoms with Gasteiger partial charge in [-0.05, 0) is 48.4 Å². The highest BCUT2D eigenvalue weighted by atomic mass is 16.4. The van der Waals surface area contributed by atoms with E-state index >= 15 is 0 Å². The molecule has 4 unspecified atom stereocenters. The second-order valence-corrected chi connectivity index (χ2v) is 10.3. The molecule has 0 spiro atoms. The van der Waals surface area contributed by atoms with Gasteiger partial charge in [0.15, 0.2) is 0 Å². The van der Waals surface area contributed by atoms with Gasteiger partial charge in [0.05, 0.1) is 6.04 Å². The van der Waals surface area contributed by atoms with Gasteiger partial charge in [-0.1, -0.05) is 56.3 Å². The number of carboxylic acids is 1. The van der Waals surface area contributed by atoms with Crippen molar-refractivity contribution in [3.63, 3.8) is 0 Å². The van der Waals surface area contributed by atoms with Crippen LogP contribution in [0.5, 0.6) is 5.75 Å². The average Bonchev–Trinajstić information content (AvgIpc) is 2.91. The van der Waals surface area contributed by atoms with E-state index in [9.17, 15) is 34.2 Å². The van der Waals surface area contributed by atoms with Crippen LogP contribution in [0.25, 0.3) is 0 Å². The van der Waals surface area contributed by atoms with Gasteiger partial charge in [0.25, 0.3) is 0 Å². The van der Waals surface area contributed by atoms with Crippen molar-refractivity contribution in [2.75, 3.05) is 0 Å². The van der Waals surface area contributed by atoms with E-state index in [1.165, 1.54) is 12.1 Å². The summed E-state index contributed by atoms with van der Waals surface area (Å²) < 4.78 is 0. The van der Waals surface area contributed by atoms with Crippen LogP contribution >= 0.6 is 0 Å². The third kappa shape index (κ3) is 11.7. The fraction of sp³-hybridized carbons (Fsp3) is 0.414. The maximum Gasteiger partial charge on any atom is 0.326 e. The molecule has 2 rings (SSSR count). The average molecular weight is 570 g/mol. The zero-order valence-electron chi connectivity index (χ0n) is 23.2. The second-order valence-electron chi connectivity index (χ2n) is 10.3. The van der Waals surface area contributed by atoms with E-state index in [0.29, 0.717) is 5.56 Å². The number of phenolic OH excluding ortho intramolecular Hbond substituents is 1. The van der Waals surface area contributed by atoms with Crippen LogP contribution in [0.1, 0.15) is 44.2 Å². The number of primary amides is 1. The van der Waals surface area contributed by atoms with E-state index in [1.54, 1.807) is 26.0 Å². The Bertz CT molecular complexity index is 1190. The number of nitrogens with two attached hydrogens (primary N) is 2. The van der Waals surface area contributed by atoms with Crippen molar-refractivity contribution in [2.45, 2.75) is 70.1 Å². The first-order valence-electron chi connectivity index (χ1n) is 13.3. The molecule has 0 aromatic heterocycles. The molecule has 12 heteroatoms. The number of hydrogen-bond donors (Lipinski definition) is 7. The minimum atomic E-state index is -1.30. The largest absolute Gasteiger partial charge is 0.508 e. The summed E-state index contributed by atoms with van der Waals surface area (Å²) in [7, 11) is 0. The van der Waals surface area contributed by atoms with E-state index < -0.39 is 53.8 Å². The van der Waals surface area contributed by atoms with E-state index in [1.807, 2.05) is 30.3 Å². The molecule has 0 bridgehead atoms. The topological polar surface area (TPSA) is 214 Å². The molecular formula is C29H39N5O7. The van der Waals surface area contributed by atoms with Crippen LogP contribution in [0.4, 0.5) is 0 Å². The van der Waals surface area contributed by atoms with Gasteiger partial charge in [-0.3, -0.25) is 19.2 Å². The van der Waals surface area contributed by atoms with Crippen molar-refractivity contribution in [3.05, 3.63) is 65.7 Å². The molecule has 0 saturated heterocycles. The van der Waals surface area contributed by atoms with Gasteiger partial charge in [-0.2, -0.15) is 0 Å². The number of hydrogen-bond acceptors (Lipinski definition) is 7. The van der Waals surface area contributed by atoms with Crippen molar-refractivity contribution in [3.8, 4) is 5.75 Å². The zero-order chi connectivity index (χ0) is 30.5. The summed E-state index contributed by atoms with van der Waals surface area (Å²) in [5, 5.41) is 26.7. The van der Waals surface area contributed by atoms with Gasteiger partial charge in [0, 0.05) is 12.8 Å². The molecule has 4 amide bonds. The van der Waals surface area contributed by atoms with Gasteiger partial charge in [0.2, 0.25) is 23.6 Å². The van der Waals surface area contributed by atoms with Crippen molar-refractivity contribution in [1.82, 2.24) is 16.0 Å². The maximum atomic E-state index is 13.5. The highest BCUT2D eigenvalue weighted by Gasteiger charge is 2.31. The van der Waals surface area contributed by atoms with Crippen LogP contribution in [0.2, 0.25) is 0 Å². The summed E-state index contributed by atoms with van der Waals surface area (Å²) in [4.78, 5) is 62.7. The van der Waals surface area contributed by atoms with Crippen LogP contribution in [0.15, 0.2) is 54.6 Å². The second kappa shape index (κ2) is 16.0. The number of carbonyl (C=O) groups excluding carboxylic acids is 4. The van der Waals surface area contributed by atoms with Gasteiger partial charge in [0.1, 0.15) is 23.9 Å². The number of nitrogens with one attached hydrogen (secondary N) is 3. The molecule has 0 saturated carbocycles. The van der Waals surface area contributed by atoms with E-state index in [0.717, 1.165) is 5.56 Å². The molecule has 4 atom stereocenters. The fourth-order valence-corrected chi connectivity index (χ4v) is 4.11. The molecule has 41 heavy (non-hydrogen) atoms. The summed E-state index contributed by atoms with van der Waals surface area (Å²) in [6.07, 6.45) is -0.0800. The fourth-order valence-electron chi connectivity index (χ4n) is 4.11. The highest BCUT2D eigenvalue weighted by Crippen LogP contribution is 2.13. The Hall–Kier alpha value is -4.45. The molecule has 9 N–H and O–H groups in total. The number of amides is 4. The Balaban J connectivity index is 2.25. The normalized spacial score (nSPS) is 13.9. The molecule has 12 nitrogen and oxygen atoms in total. The minimum absolute atomic E-state index is 0.00876. The monoisotopic (exact) mass is 569 g/mol. The zero-order valence-corrected chi connectivity index (χ0v) is 23.2. The molecule has 0 aliphatic rings. The molecule has 222 valence electrons. The SMILES string of the molecule is CC(C)CC(NC(=O)C(CCC(N)=O)NC(=O)C(Cc1ccc(O)cc1)NC(=O)C(N)Cc1ccccc1)C(=O)O. The summed E-state index contributed by atoms with van der Waals surface area (Å²) in [5.41, 5.74) is 12.8. The summed E-state index contributed by atoms with van der Waals surface area (Å²) in [6, 6.07) is 10.4. The predicted octanol–water partition coefficient (Wildman–Crippen LogP) is 0.355. The lowest BCUT2D eigenvalue weighted by molar-refractivity contribution is -0.143. The number of aliphatic carboxylic acids is 1. The quantitative estimate of drug-likeness (QED) is 0.149. The van der Waals surface area contributed by atoms with E-state index in [-0.39, 0.29) is 43.8 Å². The number of carboxylic acid groups (broad SMARTS) is 1. The maximum absolute atomic E-state index is 13.5. The Kier molecular flexibility index (Phi) is 12.8. The molecule has 0 heterocycles. The lowest BCUT2D eigenvalue weighted by Crippen LogP contribution is -2.58. The van der Waals surface area contributed by atoms with E-state index in [2.05, 4.69) is 16.0 Å². The number of aromatic hydroxyl groups is 1. The first-order chi connectivity index (χ1) is 19.3. The Morgan fingerprint density at radius 3 is 1.85 bits per heavy atom. The lowest BCUT2D eigenvalue weighted by atomic mass is 10.0. The van der Waals surface area contributed by atoms with Crippen LogP contribution in [-0.4, -0.2) is 64.0 Å². The first-order valence-corrected chi connectivity index (χ1v) is 13.3. The highest BCUT2D eigenvalue weighted by molar-refractivity contribution is 5.94. The van der Waals surface area contributed by atoms with Crippen molar-refractivity contribution >= 4 is 29.6 Å². The van der Waals surface area contributed by atoms with Crippen LogP contribution in [0.3, 0.4) is 0 Å². The molecule has 0 aliphatic carbocycles. The standard InChI is InChI=1S/C29H39N5O7/c1-17(2)14-24(29(40)41)34-27(38)22(12-13-25(31)36)32-28(39)23(16-19-8-10-20(35)11-9-19)33-26(37)21(30)15-18-6-4-3-5-7-18/h3-11,17,21-24,35H,12-16,30H2,1-2H3,(H2,31,36)(H,32,39)(H,33,37)(H,34,38)(H,40,41). The van der Waals surface area contributed by atoms with Crippen LogP contribution in [0, 0.1) is 5.92 Å². The van der Waals surface area contributed by atoms with Gasteiger partial charge >= 0.3 is 5.97 Å². The van der Waals surface area contributed by atoms with Gasteiger partial charge in [-0.15, -0.1) is 0 Å². The van der Waals surface area contributed by atoms with Crippen LogP contribution in [-0.2, 0) is 36.8 Å². The molecular weight excluding hydrogens is 530 g/mol. The third-order valence-corrected chi connectivity index (χ3v) is 6.28. The summed E-state index contributed by atoms with van der Waals surface area (Å²) in [5.74, 6) is -4.14. The smallest absolute Gasteiger partial charge is 0.326 e. The van der Waals surface area contributed by atoms with Crippen molar-refractivity contribution in [2.24, 2.45) is 17.4 Å². The number of benzene rings is 2. The third-order valence-electron chi connectivity index (χ3n) is 6.28. The lowest BCUT2D eigenvalue weighted by Gasteiger charge is -2.25. The predicted molar refractivity (Wildman–Crippen MR) is 151 cm³/mol. The summed E-state index contributed by atoms with van der Waals surface area (Å²) in [6.45, 7) is 3.60. The molecule has 0 fully saturated rings. The van der Waals surface area contributed by atoms with E-state index in [4.69, 9.17) is 11.5 Å². The first kappa shape index (κ1) is 32.8. The Labute approximate surface area is 238 Å². The van der Waals surface area contributed by atoms with Crippen molar-refractivity contribution < 1.29 is 34.2 Å². The minimum Gasteiger partial charge on any atom is -0.508 e. The number of carbonyl (C=O) groups is 5. The Morgan fingerprint density at radius 2 is 1.29 bits per heavy atom. The van der Waals surface area contributed by atoms with Gasteiger partial charge in [-0.25, -0.2) is 4.79 Å². The van der Waals surface area contributed by atoms with Crippen molar-refractivity contribution in [1.29, 1.82) is 0 Å². The molecule has 2 aromatic carbocycles. The van der Waals surface area contributed by atoms with Gasteiger partial charge < -0.3 is 37.6 Å². The molecule has 2 aromatic rings. The molecule has 0 aliphatic heterocycles. The molecule has 0 radical (unpaired) electrons. The summed E-state index contributed by atoms with van der Waals surface area (Å²) >= 11 is 0. The Morgan fingerprint density at radius 1 is 0.756 bits per heavy atom.